The maximum Gasteiger partial charge on any atom is 0.414 e. The molecule has 2 aliphatic heterocycles. The number of hydrogen-bond donors (Lipinski definition) is 2. The van der Waals surface area contributed by atoms with E-state index in [1.807, 2.05) is 0 Å². The summed E-state index contributed by atoms with van der Waals surface area (Å²) in [6.07, 6.45) is -0.282. The van der Waals surface area contributed by atoms with Crippen LogP contribution in [-0.4, -0.2) is 69.8 Å². The Kier molecular flexibility index (Phi) is 5.83. The summed E-state index contributed by atoms with van der Waals surface area (Å²) in [5.41, 5.74) is -0.984. The Bertz CT molecular complexity index is 672. The third-order valence-electron chi connectivity index (χ3n) is 5.04. The monoisotopic (exact) mass is 385 g/mol. The molecule has 0 saturated carbocycles. The van der Waals surface area contributed by atoms with Crippen molar-refractivity contribution in [2.75, 3.05) is 56.7 Å². The number of aliphatic hydroxyl groups is 1. The van der Waals surface area contributed by atoms with E-state index < -0.39 is 23.3 Å². The molecule has 0 aromatic heterocycles. The van der Waals surface area contributed by atoms with Crippen molar-refractivity contribution in [1.82, 2.24) is 5.32 Å². The van der Waals surface area contributed by atoms with Crippen LogP contribution >= 0.6 is 0 Å². The molecule has 0 radical (unpaired) electrons. The summed E-state index contributed by atoms with van der Waals surface area (Å²) in [6, 6.07) is 2.30. The number of carbonyl (C=O) groups is 1. The van der Waals surface area contributed by atoms with Gasteiger partial charge in [-0.3, -0.25) is 4.90 Å². The van der Waals surface area contributed by atoms with E-state index in [0.717, 1.165) is 12.1 Å². The Balaban J connectivity index is 1.75. The van der Waals surface area contributed by atoms with Crippen LogP contribution < -0.4 is 15.1 Å². The quantitative estimate of drug-likeness (QED) is 0.773. The largest absolute Gasteiger partial charge is 0.443 e. The first kappa shape index (κ1) is 19.8. The van der Waals surface area contributed by atoms with Crippen molar-refractivity contribution in [3.8, 4) is 0 Å². The van der Waals surface area contributed by atoms with Gasteiger partial charge in [0.05, 0.1) is 24.4 Å². The molecule has 1 amide bonds. The molecule has 2 heterocycles. The first-order chi connectivity index (χ1) is 12.9. The fourth-order valence-electron chi connectivity index (χ4n) is 3.64. The van der Waals surface area contributed by atoms with E-state index in [9.17, 15) is 18.7 Å². The second-order valence-electron chi connectivity index (χ2n) is 7.08. The molecule has 2 N–H and O–H groups in total. The van der Waals surface area contributed by atoms with Gasteiger partial charge in [0.1, 0.15) is 11.8 Å². The van der Waals surface area contributed by atoms with Crippen molar-refractivity contribution >= 4 is 17.5 Å². The van der Waals surface area contributed by atoms with Crippen LogP contribution in [-0.2, 0) is 9.47 Å². The fourth-order valence-corrected chi connectivity index (χ4v) is 3.64. The highest BCUT2D eigenvalue weighted by atomic mass is 19.1. The number of hydrogen-bond acceptors (Lipinski definition) is 6. The van der Waals surface area contributed by atoms with E-state index in [1.54, 1.807) is 11.9 Å². The first-order valence-electron chi connectivity index (χ1n) is 8.95. The lowest BCUT2D eigenvalue weighted by atomic mass is 9.92. The minimum absolute atomic E-state index is 0.130. The SMILES string of the molecule is CNCC1CN(c2cc(F)c(N3CCC(O)(COC)CC3)c(F)c2)C(=O)O1. The van der Waals surface area contributed by atoms with Crippen LogP contribution in [0.5, 0.6) is 0 Å². The first-order valence-corrected chi connectivity index (χ1v) is 8.95. The molecular formula is C18H25F2N3O4. The number of cyclic esters (lactones) is 1. The lowest BCUT2D eigenvalue weighted by molar-refractivity contribution is -0.0473. The molecule has 0 aliphatic carbocycles. The van der Waals surface area contributed by atoms with Crippen LogP contribution in [0.15, 0.2) is 12.1 Å². The Morgan fingerprint density at radius 2 is 1.96 bits per heavy atom. The molecule has 9 heteroatoms. The molecular weight excluding hydrogens is 360 g/mol. The lowest BCUT2D eigenvalue weighted by Crippen LogP contribution is -2.47. The third kappa shape index (κ3) is 4.15. The standard InChI is InChI=1S/C18H25F2N3O4/c1-21-9-13-10-23(17(24)27-13)12-7-14(19)16(15(20)8-12)22-5-3-18(25,4-6-22)11-26-2/h7-8,13,21,25H,3-6,9-11H2,1-2H3. The van der Waals surface area contributed by atoms with Gasteiger partial charge in [0, 0.05) is 38.9 Å². The second kappa shape index (κ2) is 7.95. The van der Waals surface area contributed by atoms with Crippen LogP contribution in [0.25, 0.3) is 0 Å². The van der Waals surface area contributed by atoms with Crippen molar-refractivity contribution in [3.63, 3.8) is 0 Å². The molecule has 2 fully saturated rings. The highest BCUT2D eigenvalue weighted by Crippen LogP contribution is 2.34. The van der Waals surface area contributed by atoms with Crippen molar-refractivity contribution in [2.24, 2.45) is 0 Å². The summed E-state index contributed by atoms with van der Waals surface area (Å²) in [7, 11) is 3.24. The minimum atomic E-state index is -0.972. The molecule has 1 atom stereocenters. The number of piperidine rings is 1. The summed E-state index contributed by atoms with van der Waals surface area (Å²) >= 11 is 0. The number of likely N-dealkylation sites (N-methyl/N-ethyl adjacent to an activating group) is 1. The van der Waals surface area contributed by atoms with Gasteiger partial charge in [-0.25, -0.2) is 13.6 Å². The van der Waals surface area contributed by atoms with Gasteiger partial charge in [0.2, 0.25) is 0 Å². The zero-order valence-electron chi connectivity index (χ0n) is 15.5. The van der Waals surface area contributed by atoms with E-state index in [1.165, 1.54) is 12.0 Å². The minimum Gasteiger partial charge on any atom is -0.443 e. The predicted octanol–water partition coefficient (Wildman–Crippen LogP) is 1.49. The van der Waals surface area contributed by atoms with Gasteiger partial charge in [-0.1, -0.05) is 0 Å². The number of anilines is 2. The van der Waals surface area contributed by atoms with Gasteiger partial charge in [-0.2, -0.15) is 0 Å². The number of halogens is 2. The molecule has 2 aliphatic rings. The third-order valence-corrected chi connectivity index (χ3v) is 5.04. The fraction of sp³-hybridized carbons (Fsp3) is 0.611. The van der Waals surface area contributed by atoms with E-state index in [-0.39, 0.29) is 30.6 Å². The number of methoxy groups -OCH3 is 1. The molecule has 1 aromatic carbocycles. The maximum atomic E-state index is 14.7. The number of ether oxygens (including phenoxy) is 2. The van der Waals surface area contributed by atoms with Gasteiger partial charge in [0.25, 0.3) is 0 Å². The smallest absolute Gasteiger partial charge is 0.414 e. The van der Waals surface area contributed by atoms with Crippen molar-refractivity contribution < 1.29 is 28.2 Å². The number of benzene rings is 1. The van der Waals surface area contributed by atoms with Gasteiger partial charge >= 0.3 is 6.09 Å². The second-order valence-corrected chi connectivity index (χ2v) is 7.08. The Morgan fingerprint density at radius 1 is 1.33 bits per heavy atom. The molecule has 2 saturated heterocycles. The zero-order chi connectivity index (χ0) is 19.6. The van der Waals surface area contributed by atoms with E-state index in [2.05, 4.69) is 5.32 Å². The van der Waals surface area contributed by atoms with E-state index in [4.69, 9.17) is 9.47 Å². The molecule has 0 spiro atoms. The summed E-state index contributed by atoms with van der Waals surface area (Å²) in [6.45, 7) is 1.50. The Morgan fingerprint density at radius 3 is 2.52 bits per heavy atom. The molecule has 1 aromatic rings. The molecule has 1 unspecified atom stereocenters. The zero-order valence-corrected chi connectivity index (χ0v) is 15.5. The Hall–Kier alpha value is -1.97. The number of nitrogens with zero attached hydrogens (tertiary/aromatic N) is 2. The number of amides is 1. The molecule has 0 bridgehead atoms. The number of carbonyl (C=O) groups excluding carboxylic acids is 1. The molecule has 7 nitrogen and oxygen atoms in total. The average molecular weight is 385 g/mol. The van der Waals surface area contributed by atoms with Crippen LogP contribution in [0.2, 0.25) is 0 Å². The van der Waals surface area contributed by atoms with Crippen LogP contribution in [0, 0.1) is 11.6 Å². The highest BCUT2D eigenvalue weighted by molar-refractivity contribution is 5.90. The molecule has 3 rings (SSSR count). The highest BCUT2D eigenvalue weighted by Gasteiger charge is 2.36. The topological polar surface area (TPSA) is 74.3 Å². The molecule has 150 valence electrons. The summed E-state index contributed by atoms with van der Waals surface area (Å²) < 4.78 is 39.6. The van der Waals surface area contributed by atoms with Crippen molar-refractivity contribution in [1.29, 1.82) is 0 Å². The summed E-state index contributed by atoms with van der Waals surface area (Å²) in [5, 5.41) is 13.3. The predicted molar refractivity (Wildman–Crippen MR) is 96.2 cm³/mol. The van der Waals surface area contributed by atoms with Gasteiger partial charge in [-0.15, -0.1) is 0 Å². The summed E-state index contributed by atoms with van der Waals surface area (Å²) in [4.78, 5) is 14.8. The Labute approximate surface area is 156 Å². The maximum absolute atomic E-state index is 14.7. The van der Waals surface area contributed by atoms with Gasteiger partial charge in [-0.05, 0) is 19.9 Å². The number of nitrogens with one attached hydrogen (secondary N) is 1. The summed E-state index contributed by atoms with van der Waals surface area (Å²) in [5.74, 6) is -1.49. The van der Waals surface area contributed by atoms with E-state index >= 15 is 0 Å². The van der Waals surface area contributed by atoms with E-state index in [0.29, 0.717) is 32.5 Å². The van der Waals surface area contributed by atoms with Gasteiger partial charge < -0.3 is 24.8 Å². The lowest BCUT2D eigenvalue weighted by Gasteiger charge is -2.39. The van der Waals surface area contributed by atoms with Crippen LogP contribution in [0.1, 0.15) is 12.8 Å². The van der Waals surface area contributed by atoms with Crippen molar-refractivity contribution in [3.05, 3.63) is 23.8 Å². The van der Waals surface area contributed by atoms with Gasteiger partial charge in [0.15, 0.2) is 11.6 Å². The molecule has 27 heavy (non-hydrogen) atoms. The van der Waals surface area contributed by atoms with Crippen LogP contribution in [0.3, 0.4) is 0 Å². The normalized spacial score (nSPS) is 22.3. The van der Waals surface area contributed by atoms with Crippen LogP contribution in [0.4, 0.5) is 25.0 Å². The average Bonchev–Trinajstić information content (AvgIpc) is 2.97. The number of rotatable bonds is 6. The van der Waals surface area contributed by atoms with Crippen molar-refractivity contribution in [2.45, 2.75) is 24.5 Å².